The van der Waals surface area contributed by atoms with Crippen LogP contribution in [0.3, 0.4) is 0 Å². The molecule has 1 aromatic rings. The fourth-order valence-corrected chi connectivity index (χ4v) is 4.81. The van der Waals surface area contributed by atoms with Crippen molar-refractivity contribution in [2.75, 3.05) is 13.1 Å². The molecular weight excluding hydrogens is 458 g/mol. The zero-order valence-electron chi connectivity index (χ0n) is 18.3. The number of benzene rings is 1. The molecule has 1 aliphatic carbocycles. The second-order valence-corrected chi connectivity index (χ2v) is 9.58. The number of nitrogens with zero attached hydrogens (tertiary/aromatic N) is 1. The van der Waals surface area contributed by atoms with Crippen molar-refractivity contribution < 1.29 is 14.4 Å². The van der Waals surface area contributed by atoms with Crippen molar-refractivity contribution in [2.45, 2.75) is 83.1 Å². The molecule has 6 nitrogen and oxygen atoms in total. The first-order chi connectivity index (χ1) is 15.1. The summed E-state index contributed by atoms with van der Waals surface area (Å²) in [6.07, 6.45) is 14.1. The molecule has 0 radical (unpaired) electrons. The van der Waals surface area contributed by atoms with Gasteiger partial charge in [0.2, 0.25) is 0 Å². The second-order valence-electron chi connectivity index (χ2n) is 8.66. The van der Waals surface area contributed by atoms with Gasteiger partial charge in [-0.15, -0.1) is 0 Å². The Kier molecular flexibility index (Phi) is 9.37. The van der Waals surface area contributed by atoms with Crippen LogP contribution in [-0.2, 0) is 0 Å². The maximum atomic E-state index is 12.5. The molecule has 2 N–H and O–H groups in total. The average Bonchev–Trinajstić information content (AvgIpc) is 2.97. The molecule has 0 spiro atoms. The van der Waals surface area contributed by atoms with E-state index < -0.39 is 0 Å². The Hall–Kier alpha value is -1.89. The Balaban J connectivity index is 1.38. The van der Waals surface area contributed by atoms with E-state index in [1.54, 1.807) is 18.2 Å². The zero-order valence-corrected chi connectivity index (χ0v) is 19.8. The van der Waals surface area contributed by atoms with E-state index in [1.165, 1.54) is 62.7 Å². The highest BCUT2D eigenvalue weighted by atomic mass is 79.9. The number of carbonyl (C=O) groups is 3. The van der Waals surface area contributed by atoms with Crippen molar-refractivity contribution in [2.24, 2.45) is 0 Å². The van der Waals surface area contributed by atoms with Gasteiger partial charge in [-0.05, 0) is 37.5 Å². The van der Waals surface area contributed by atoms with Gasteiger partial charge in [-0.25, -0.2) is 4.79 Å². The number of urea groups is 1. The maximum Gasteiger partial charge on any atom is 0.315 e. The van der Waals surface area contributed by atoms with Crippen LogP contribution in [0.15, 0.2) is 22.7 Å². The summed E-state index contributed by atoms with van der Waals surface area (Å²) in [5, 5.41) is 6.03. The minimum atomic E-state index is -0.265. The molecule has 0 atom stereocenters. The van der Waals surface area contributed by atoms with Gasteiger partial charge >= 0.3 is 6.03 Å². The minimum Gasteiger partial charge on any atom is -0.338 e. The summed E-state index contributed by atoms with van der Waals surface area (Å²) >= 11 is 3.34. The lowest BCUT2D eigenvalue weighted by Crippen LogP contribution is -2.43. The third-order valence-electron chi connectivity index (χ3n) is 6.22. The fraction of sp³-hybridized carbons (Fsp3) is 0.625. The molecule has 1 fully saturated rings. The maximum absolute atomic E-state index is 12.5. The van der Waals surface area contributed by atoms with E-state index in [4.69, 9.17) is 0 Å². The standard InChI is InChI=1S/C24H34BrN3O3/c25-18-13-14-20-21(17-18)23(30)28(22(20)29)16-10-15-26-24(31)27-19-11-8-6-4-2-1-3-5-7-9-12-19/h13-14,17,19H,1-12,15-16H2,(H2,26,27,31). The molecule has 1 aromatic carbocycles. The highest BCUT2D eigenvalue weighted by Gasteiger charge is 2.35. The Morgan fingerprint density at radius 2 is 1.48 bits per heavy atom. The molecule has 0 saturated heterocycles. The lowest BCUT2D eigenvalue weighted by molar-refractivity contribution is 0.0653. The first kappa shape index (κ1) is 23.8. The van der Waals surface area contributed by atoms with Crippen LogP contribution in [0.25, 0.3) is 0 Å². The Morgan fingerprint density at radius 3 is 2.13 bits per heavy atom. The van der Waals surface area contributed by atoms with Crippen molar-refractivity contribution >= 4 is 33.8 Å². The lowest BCUT2D eigenvalue weighted by Gasteiger charge is -2.20. The Labute approximate surface area is 193 Å². The third kappa shape index (κ3) is 7.06. The fourth-order valence-electron chi connectivity index (χ4n) is 4.45. The van der Waals surface area contributed by atoms with Gasteiger partial charge in [0.15, 0.2) is 0 Å². The van der Waals surface area contributed by atoms with Crippen LogP contribution >= 0.6 is 15.9 Å². The Morgan fingerprint density at radius 1 is 0.903 bits per heavy atom. The predicted octanol–water partition coefficient (Wildman–Crippen LogP) is 5.41. The molecule has 2 aliphatic rings. The van der Waals surface area contributed by atoms with Crippen LogP contribution in [0.4, 0.5) is 4.79 Å². The van der Waals surface area contributed by atoms with Crippen LogP contribution in [-0.4, -0.2) is 41.9 Å². The first-order valence-electron chi connectivity index (χ1n) is 11.8. The summed E-state index contributed by atoms with van der Waals surface area (Å²) < 4.78 is 0.777. The quantitative estimate of drug-likeness (QED) is 0.426. The van der Waals surface area contributed by atoms with Crippen molar-refractivity contribution in [3.05, 3.63) is 33.8 Å². The van der Waals surface area contributed by atoms with E-state index in [1.807, 2.05) is 0 Å². The van der Waals surface area contributed by atoms with E-state index in [-0.39, 0.29) is 23.9 Å². The van der Waals surface area contributed by atoms with Crippen LogP contribution in [0.5, 0.6) is 0 Å². The number of imide groups is 1. The Bertz CT molecular complexity index is 771. The highest BCUT2D eigenvalue weighted by molar-refractivity contribution is 9.10. The van der Waals surface area contributed by atoms with Gasteiger partial charge in [0, 0.05) is 23.6 Å². The van der Waals surface area contributed by atoms with Crippen LogP contribution in [0.1, 0.15) is 97.8 Å². The van der Waals surface area contributed by atoms with E-state index in [0.717, 1.165) is 17.3 Å². The van der Waals surface area contributed by atoms with Crippen molar-refractivity contribution in [3.8, 4) is 0 Å². The third-order valence-corrected chi connectivity index (χ3v) is 6.71. The molecule has 31 heavy (non-hydrogen) atoms. The minimum absolute atomic E-state index is 0.150. The molecule has 1 heterocycles. The number of nitrogens with one attached hydrogen (secondary N) is 2. The molecule has 0 unspecified atom stereocenters. The van der Waals surface area contributed by atoms with Gasteiger partial charge in [-0.3, -0.25) is 14.5 Å². The molecule has 3 rings (SSSR count). The SMILES string of the molecule is O=C(NCCCN1C(=O)c2ccc(Br)cc2C1=O)NC1CCCCCCCCCCC1. The van der Waals surface area contributed by atoms with Crippen LogP contribution in [0, 0.1) is 0 Å². The topological polar surface area (TPSA) is 78.5 Å². The van der Waals surface area contributed by atoms with Gasteiger partial charge in [-0.2, -0.15) is 0 Å². The average molecular weight is 492 g/mol. The van der Waals surface area contributed by atoms with E-state index >= 15 is 0 Å². The van der Waals surface area contributed by atoms with Crippen LogP contribution in [0.2, 0.25) is 0 Å². The summed E-state index contributed by atoms with van der Waals surface area (Å²) in [6, 6.07) is 5.21. The number of hydrogen-bond donors (Lipinski definition) is 2. The molecule has 1 aliphatic heterocycles. The number of fused-ring (bicyclic) bond motifs is 1. The largest absolute Gasteiger partial charge is 0.338 e. The van der Waals surface area contributed by atoms with Gasteiger partial charge in [-0.1, -0.05) is 73.7 Å². The number of carbonyl (C=O) groups excluding carboxylic acids is 3. The van der Waals surface area contributed by atoms with Gasteiger partial charge < -0.3 is 10.6 Å². The van der Waals surface area contributed by atoms with Gasteiger partial charge in [0.05, 0.1) is 11.1 Å². The van der Waals surface area contributed by atoms with E-state index in [9.17, 15) is 14.4 Å². The first-order valence-corrected chi connectivity index (χ1v) is 12.6. The van der Waals surface area contributed by atoms with E-state index in [2.05, 4.69) is 26.6 Å². The zero-order chi connectivity index (χ0) is 22.1. The molecule has 4 amide bonds. The summed E-state index contributed by atoms with van der Waals surface area (Å²) in [5.74, 6) is -0.524. The lowest BCUT2D eigenvalue weighted by atomic mass is 9.98. The monoisotopic (exact) mass is 491 g/mol. The number of rotatable bonds is 5. The number of amides is 4. The molecule has 1 saturated carbocycles. The second kappa shape index (κ2) is 12.2. The predicted molar refractivity (Wildman–Crippen MR) is 125 cm³/mol. The highest BCUT2D eigenvalue weighted by Crippen LogP contribution is 2.26. The van der Waals surface area contributed by atoms with Crippen molar-refractivity contribution in [1.29, 1.82) is 0 Å². The summed E-state index contributed by atoms with van der Waals surface area (Å²) in [6.45, 7) is 0.726. The summed E-state index contributed by atoms with van der Waals surface area (Å²) in [7, 11) is 0. The van der Waals surface area contributed by atoms with E-state index in [0.29, 0.717) is 30.6 Å². The molecule has 7 heteroatoms. The number of hydrogen-bond acceptors (Lipinski definition) is 3. The summed E-state index contributed by atoms with van der Waals surface area (Å²) in [4.78, 5) is 38.6. The molecule has 0 aromatic heterocycles. The van der Waals surface area contributed by atoms with Crippen molar-refractivity contribution in [1.82, 2.24) is 15.5 Å². The molecule has 0 bridgehead atoms. The van der Waals surface area contributed by atoms with Gasteiger partial charge in [0.25, 0.3) is 11.8 Å². The number of halogens is 1. The molecule has 170 valence electrons. The smallest absolute Gasteiger partial charge is 0.315 e. The normalized spacial score (nSPS) is 18.8. The summed E-state index contributed by atoms with van der Waals surface area (Å²) in [5.41, 5.74) is 0.883. The van der Waals surface area contributed by atoms with Gasteiger partial charge in [0.1, 0.15) is 0 Å². The van der Waals surface area contributed by atoms with Crippen LogP contribution < -0.4 is 10.6 Å². The van der Waals surface area contributed by atoms with Crippen molar-refractivity contribution in [3.63, 3.8) is 0 Å². The molecular formula is C24H34BrN3O3.